The SMILES string of the molecule is CN(CCN)c1ccc(C(F)(F)F)cn1. The topological polar surface area (TPSA) is 42.1 Å². The monoisotopic (exact) mass is 219 g/mol. The summed E-state index contributed by atoms with van der Waals surface area (Å²) in [5, 5.41) is 0. The molecule has 0 saturated carbocycles. The van der Waals surface area contributed by atoms with Crippen molar-refractivity contribution in [3.63, 3.8) is 0 Å². The van der Waals surface area contributed by atoms with Gasteiger partial charge in [0.25, 0.3) is 0 Å². The van der Waals surface area contributed by atoms with Gasteiger partial charge in [-0.1, -0.05) is 0 Å². The number of nitrogens with zero attached hydrogens (tertiary/aromatic N) is 2. The molecule has 84 valence electrons. The fourth-order valence-corrected chi connectivity index (χ4v) is 1.09. The second kappa shape index (κ2) is 4.48. The van der Waals surface area contributed by atoms with E-state index in [-0.39, 0.29) is 0 Å². The third-order valence-corrected chi connectivity index (χ3v) is 1.93. The van der Waals surface area contributed by atoms with Crippen LogP contribution >= 0.6 is 0 Å². The van der Waals surface area contributed by atoms with Gasteiger partial charge in [0.15, 0.2) is 0 Å². The average Bonchev–Trinajstić information content (AvgIpc) is 2.17. The van der Waals surface area contributed by atoms with Crippen LogP contribution in [0, 0.1) is 0 Å². The normalized spacial score (nSPS) is 11.5. The molecule has 1 rings (SSSR count). The van der Waals surface area contributed by atoms with E-state index < -0.39 is 11.7 Å². The first-order chi connectivity index (χ1) is 6.95. The highest BCUT2D eigenvalue weighted by molar-refractivity contribution is 5.38. The minimum absolute atomic E-state index is 0.430. The van der Waals surface area contributed by atoms with Gasteiger partial charge in [-0.15, -0.1) is 0 Å². The molecule has 15 heavy (non-hydrogen) atoms. The zero-order valence-electron chi connectivity index (χ0n) is 8.25. The van der Waals surface area contributed by atoms with Gasteiger partial charge in [-0.05, 0) is 12.1 Å². The summed E-state index contributed by atoms with van der Waals surface area (Å²) in [5.74, 6) is 0.480. The summed E-state index contributed by atoms with van der Waals surface area (Å²) in [6.45, 7) is 0.984. The molecular formula is C9H12F3N3. The predicted octanol–water partition coefficient (Wildman–Crippen LogP) is 1.50. The van der Waals surface area contributed by atoms with Crippen molar-refractivity contribution in [2.75, 3.05) is 25.0 Å². The molecule has 1 aromatic rings. The number of halogens is 3. The smallest absolute Gasteiger partial charge is 0.358 e. The molecule has 0 atom stereocenters. The number of pyridine rings is 1. The van der Waals surface area contributed by atoms with Crippen molar-refractivity contribution in [2.45, 2.75) is 6.18 Å². The van der Waals surface area contributed by atoms with Gasteiger partial charge in [0, 0.05) is 26.3 Å². The number of nitrogens with two attached hydrogens (primary N) is 1. The molecule has 2 N–H and O–H groups in total. The Hall–Kier alpha value is -1.30. The number of rotatable bonds is 3. The first-order valence-electron chi connectivity index (χ1n) is 4.39. The molecule has 0 saturated heterocycles. The first-order valence-corrected chi connectivity index (χ1v) is 4.39. The largest absolute Gasteiger partial charge is 0.417 e. The quantitative estimate of drug-likeness (QED) is 0.837. The van der Waals surface area contributed by atoms with Crippen molar-refractivity contribution in [2.24, 2.45) is 5.73 Å². The Kier molecular flexibility index (Phi) is 3.52. The van der Waals surface area contributed by atoms with Crippen molar-refractivity contribution in [3.05, 3.63) is 23.9 Å². The summed E-state index contributed by atoms with van der Waals surface area (Å²) in [6.07, 6.45) is -3.51. The van der Waals surface area contributed by atoms with E-state index in [9.17, 15) is 13.2 Å². The molecule has 0 aliphatic carbocycles. The van der Waals surface area contributed by atoms with Crippen molar-refractivity contribution < 1.29 is 13.2 Å². The van der Waals surface area contributed by atoms with E-state index in [1.165, 1.54) is 6.07 Å². The summed E-state index contributed by atoms with van der Waals surface area (Å²) in [5.41, 5.74) is 4.57. The molecule has 3 nitrogen and oxygen atoms in total. The van der Waals surface area contributed by atoms with Crippen LogP contribution in [0.4, 0.5) is 19.0 Å². The van der Waals surface area contributed by atoms with Gasteiger partial charge in [-0.25, -0.2) is 4.98 Å². The van der Waals surface area contributed by atoms with Crippen LogP contribution < -0.4 is 10.6 Å². The molecular weight excluding hydrogens is 207 g/mol. The van der Waals surface area contributed by atoms with Crippen LogP contribution in [0.3, 0.4) is 0 Å². The Morgan fingerprint density at radius 2 is 2.07 bits per heavy atom. The lowest BCUT2D eigenvalue weighted by molar-refractivity contribution is -0.137. The summed E-state index contributed by atoms with van der Waals surface area (Å²) in [6, 6.07) is 2.34. The summed E-state index contributed by atoms with van der Waals surface area (Å²) < 4.78 is 36.6. The third kappa shape index (κ3) is 3.09. The van der Waals surface area contributed by atoms with Gasteiger partial charge in [0.2, 0.25) is 0 Å². The lowest BCUT2D eigenvalue weighted by Crippen LogP contribution is -2.25. The lowest BCUT2D eigenvalue weighted by Gasteiger charge is -2.17. The highest BCUT2D eigenvalue weighted by atomic mass is 19.4. The number of alkyl halides is 3. The van der Waals surface area contributed by atoms with Crippen LogP contribution in [0.15, 0.2) is 18.3 Å². The molecule has 0 aliphatic rings. The summed E-state index contributed by atoms with van der Waals surface area (Å²) in [7, 11) is 1.72. The standard InChI is InChI=1S/C9H12F3N3/c1-15(5-4-13)8-3-2-7(6-14-8)9(10,11)12/h2-3,6H,4-5,13H2,1H3. The van der Waals surface area contributed by atoms with Gasteiger partial charge < -0.3 is 10.6 Å². The zero-order chi connectivity index (χ0) is 11.5. The molecule has 0 amide bonds. The van der Waals surface area contributed by atoms with Crippen LogP contribution in [0.2, 0.25) is 0 Å². The van der Waals surface area contributed by atoms with Crippen LogP contribution in [0.5, 0.6) is 0 Å². The van der Waals surface area contributed by atoms with Crippen LogP contribution in [0.25, 0.3) is 0 Å². The van der Waals surface area contributed by atoms with E-state index in [1.54, 1.807) is 11.9 Å². The maximum atomic E-state index is 12.2. The van der Waals surface area contributed by atoms with Gasteiger partial charge in [0.05, 0.1) is 5.56 Å². The number of hydrogen-bond acceptors (Lipinski definition) is 3. The first kappa shape index (κ1) is 11.8. The number of anilines is 1. The molecule has 1 heterocycles. The molecule has 6 heteroatoms. The van der Waals surface area contributed by atoms with Gasteiger partial charge in [-0.3, -0.25) is 0 Å². The number of likely N-dealkylation sites (N-methyl/N-ethyl adjacent to an activating group) is 1. The van der Waals surface area contributed by atoms with Crippen molar-refractivity contribution in [1.82, 2.24) is 4.98 Å². The molecule has 0 spiro atoms. The van der Waals surface area contributed by atoms with E-state index in [4.69, 9.17) is 5.73 Å². The second-order valence-electron chi connectivity index (χ2n) is 3.11. The molecule has 0 unspecified atom stereocenters. The Bertz CT molecular complexity index is 307. The van der Waals surface area contributed by atoms with E-state index in [0.717, 1.165) is 12.3 Å². The van der Waals surface area contributed by atoms with E-state index in [0.29, 0.717) is 18.9 Å². The Morgan fingerprint density at radius 3 is 2.47 bits per heavy atom. The van der Waals surface area contributed by atoms with Crippen molar-refractivity contribution in [1.29, 1.82) is 0 Å². The third-order valence-electron chi connectivity index (χ3n) is 1.93. The van der Waals surface area contributed by atoms with E-state index in [2.05, 4.69) is 4.98 Å². The van der Waals surface area contributed by atoms with Crippen LogP contribution in [-0.4, -0.2) is 25.1 Å². The van der Waals surface area contributed by atoms with E-state index >= 15 is 0 Å². The zero-order valence-corrected chi connectivity index (χ0v) is 8.25. The predicted molar refractivity (Wildman–Crippen MR) is 51.6 cm³/mol. The van der Waals surface area contributed by atoms with Gasteiger partial charge in [-0.2, -0.15) is 13.2 Å². The molecule has 0 fully saturated rings. The fourth-order valence-electron chi connectivity index (χ4n) is 1.09. The van der Waals surface area contributed by atoms with Crippen molar-refractivity contribution in [3.8, 4) is 0 Å². The minimum Gasteiger partial charge on any atom is -0.358 e. The Balaban J connectivity index is 2.81. The lowest BCUT2D eigenvalue weighted by atomic mass is 10.3. The Labute approximate surface area is 85.7 Å². The van der Waals surface area contributed by atoms with E-state index in [1.807, 2.05) is 0 Å². The molecule has 0 bridgehead atoms. The molecule has 0 aliphatic heterocycles. The second-order valence-corrected chi connectivity index (χ2v) is 3.11. The molecule has 1 aromatic heterocycles. The molecule has 0 radical (unpaired) electrons. The van der Waals surface area contributed by atoms with Gasteiger partial charge >= 0.3 is 6.18 Å². The fraction of sp³-hybridized carbons (Fsp3) is 0.444. The highest BCUT2D eigenvalue weighted by Gasteiger charge is 2.30. The van der Waals surface area contributed by atoms with Crippen LogP contribution in [0.1, 0.15) is 5.56 Å². The molecule has 0 aromatic carbocycles. The summed E-state index contributed by atoms with van der Waals surface area (Å²) >= 11 is 0. The maximum absolute atomic E-state index is 12.2. The Morgan fingerprint density at radius 1 is 1.40 bits per heavy atom. The minimum atomic E-state index is -4.34. The van der Waals surface area contributed by atoms with Crippen molar-refractivity contribution >= 4 is 5.82 Å². The summed E-state index contributed by atoms with van der Waals surface area (Å²) in [4.78, 5) is 5.41. The van der Waals surface area contributed by atoms with Crippen LogP contribution in [-0.2, 0) is 6.18 Å². The number of hydrogen-bond donors (Lipinski definition) is 1. The average molecular weight is 219 g/mol. The van der Waals surface area contributed by atoms with Gasteiger partial charge in [0.1, 0.15) is 5.82 Å². The highest BCUT2D eigenvalue weighted by Crippen LogP contribution is 2.29. The maximum Gasteiger partial charge on any atom is 0.417 e. The number of aromatic nitrogens is 1.